The van der Waals surface area contributed by atoms with Crippen LogP contribution in [0.3, 0.4) is 0 Å². The maximum atomic E-state index is 14.9. The van der Waals surface area contributed by atoms with E-state index in [4.69, 9.17) is 9.15 Å². The van der Waals surface area contributed by atoms with E-state index >= 15 is 0 Å². The van der Waals surface area contributed by atoms with Crippen LogP contribution in [-0.2, 0) is 30.3 Å². The first kappa shape index (κ1) is 38.9. The van der Waals surface area contributed by atoms with Crippen LogP contribution in [0, 0.1) is 11.8 Å². The predicted molar refractivity (Wildman–Crippen MR) is 185 cm³/mol. The molecule has 2 unspecified atom stereocenters. The molecule has 5 atom stereocenters. The molecule has 0 aliphatic carbocycles. The minimum Gasteiger partial charge on any atom is -0.457 e. The first-order valence-electron chi connectivity index (χ1n) is 16.6. The van der Waals surface area contributed by atoms with Crippen molar-refractivity contribution in [3.63, 3.8) is 0 Å². The van der Waals surface area contributed by atoms with Gasteiger partial charge in [0.05, 0.1) is 12.5 Å². The largest absolute Gasteiger partial charge is 0.457 e. The Balaban J connectivity index is 2.05. The van der Waals surface area contributed by atoms with Gasteiger partial charge in [-0.2, -0.15) is 0 Å². The van der Waals surface area contributed by atoms with E-state index in [-0.39, 0.29) is 72.1 Å². The SMILES string of the molecule is C=S(=O)(CCN(CC)CC)C1=C2C(=O)OC(C(C)C)[C@H](C)/C=C/C(=O)NC/C=C/C(C)=C/[C@@H](O)C[C@@H](F)Cc3nc(co3)C(=O)N2CC1. The molecule has 1 aromatic rings. The van der Waals surface area contributed by atoms with Crippen LogP contribution in [0.1, 0.15) is 70.8 Å². The van der Waals surface area contributed by atoms with Gasteiger partial charge in [-0.05, 0) is 47.4 Å². The molecule has 2 aliphatic heterocycles. The number of halogens is 1. The summed E-state index contributed by atoms with van der Waals surface area (Å²) in [4.78, 5) is 48.1. The van der Waals surface area contributed by atoms with Gasteiger partial charge in [0, 0.05) is 49.1 Å². The number of nitrogens with zero attached hydrogens (tertiary/aromatic N) is 3. The number of aliphatic hydroxyl groups excluding tert-OH is 1. The number of oxazole rings is 1. The molecule has 0 radical (unpaired) electrons. The Morgan fingerprint density at radius 1 is 1.23 bits per heavy atom. The number of hydrogen-bond donors (Lipinski definition) is 2. The number of alkyl halides is 1. The molecule has 266 valence electrons. The molecule has 2 N–H and O–H groups in total. The summed E-state index contributed by atoms with van der Waals surface area (Å²) >= 11 is 0. The number of aromatic nitrogens is 1. The number of cyclic esters (lactones) is 1. The summed E-state index contributed by atoms with van der Waals surface area (Å²) in [6.07, 6.45) is 5.39. The zero-order chi connectivity index (χ0) is 35.6. The van der Waals surface area contributed by atoms with Gasteiger partial charge in [-0.25, -0.2) is 14.2 Å². The standard InChI is InChI=1S/C35H51FN4O7S/c1-8-39(9-2)17-18-48(7,45)29-14-16-40-32(29)35(44)47-33(23(3)4)25(6)12-13-30(42)37-15-10-11-24(5)19-27(41)20-26(36)21-31-38-28(22-46-31)34(40)43/h10-13,19,22-23,25-27,33,41H,7-9,14-18,20-21H2,1-6H3,(H,37,42)/b11-10+,13-12+,24-19+/t25-,26-,27-,33?,48?/m1/s1. The number of rotatable bonds is 7. The number of carbonyl (C=O) groups is 3. The molecule has 2 aliphatic rings. The maximum absolute atomic E-state index is 14.9. The van der Waals surface area contributed by atoms with Crippen molar-refractivity contribution in [2.24, 2.45) is 11.8 Å². The van der Waals surface area contributed by atoms with Gasteiger partial charge in [0.1, 0.15) is 24.2 Å². The molecule has 48 heavy (non-hydrogen) atoms. The number of amides is 2. The highest BCUT2D eigenvalue weighted by Crippen LogP contribution is 2.32. The van der Waals surface area contributed by atoms with Crippen molar-refractivity contribution in [3.8, 4) is 0 Å². The van der Waals surface area contributed by atoms with Crippen LogP contribution in [0.2, 0.25) is 0 Å². The number of hydrogen-bond acceptors (Lipinski definition) is 9. The fourth-order valence-corrected chi connectivity index (χ4v) is 7.58. The third-order valence-corrected chi connectivity index (χ3v) is 10.6. The van der Waals surface area contributed by atoms with Crippen molar-refractivity contribution in [2.45, 2.75) is 79.2 Å². The lowest BCUT2D eigenvalue weighted by atomic mass is 9.94. The molecular weight excluding hydrogens is 639 g/mol. The van der Waals surface area contributed by atoms with Crippen LogP contribution >= 0.6 is 0 Å². The van der Waals surface area contributed by atoms with Gasteiger partial charge in [0.2, 0.25) is 5.91 Å². The second kappa shape index (κ2) is 17.7. The Bertz CT molecular complexity index is 1520. The predicted octanol–water partition coefficient (Wildman–Crippen LogP) is 3.81. The van der Waals surface area contributed by atoms with E-state index in [1.54, 1.807) is 25.2 Å². The van der Waals surface area contributed by atoms with E-state index in [1.165, 1.54) is 17.1 Å². The van der Waals surface area contributed by atoms with Crippen LogP contribution < -0.4 is 5.32 Å². The lowest BCUT2D eigenvalue weighted by Crippen LogP contribution is -2.37. The minimum absolute atomic E-state index is 0.0399. The van der Waals surface area contributed by atoms with Crippen molar-refractivity contribution in [1.29, 1.82) is 0 Å². The summed E-state index contributed by atoms with van der Waals surface area (Å²) in [6, 6.07) is 0. The molecule has 1 aromatic heterocycles. The maximum Gasteiger partial charge on any atom is 0.356 e. The molecule has 0 aromatic carbocycles. The average molecular weight is 691 g/mol. The smallest absolute Gasteiger partial charge is 0.356 e. The van der Waals surface area contributed by atoms with Crippen molar-refractivity contribution in [2.75, 3.05) is 38.5 Å². The van der Waals surface area contributed by atoms with E-state index in [0.717, 1.165) is 19.4 Å². The third kappa shape index (κ3) is 10.7. The Morgan fingerprint density at radius 3 is 2.60 bits per heavy atom. The van der Waals surface area contributed by atoms with E-state index in [0.29, 0.717) is 12.1 Å². The number of nitrogens with one attached hydrogen (secondary N) is 1. The van der Waals surface area contributed by atoms with Crippen LogP contribution in [-0.4, -0.2) is 105 Å². The Kier molecular flexibility index (Phi) is 14.4. The van der Waals surface area contributed by atoms with E-state index in [2.05, 4.69) is 21.1 Å². The fraction of sp³-hybridized carbons (Fsp3) is 0.571. The molecule has 0 saturated heterocycles. The van der Waals surface area contributed by atoms with Crippen LogP contribution in [0.5, 0.6) is 0 Å². The molecule has 11 nitrogen and oxygen atoms in total. The summed E-state index contributed by atoms with van der Waals surface area (Å²) in [5, 5.41) is 13.1. The summed E-state index contributed by atoms with van der Waals surface area (Å²) in [6.45, 7) is 13.6. The number of aliphatic hydroxyl groups is 1. The van der Waals surface area contributed by atoms with Gasteiger partial charge in [-0.3, -0.25) is 18.7 Å². The summed E-state index contributed by atoms with van der Waals surface area (Å²) in [7, 11) is -3.00. The van der Waals surface area contributed by atoms with Crippen LogP contribution in [0.25, 0.3) is 0 Å². The normalized spacial score (nSPS) is 27.6. The van der Waals surface area contributed by atoms with Crippen LogP contribution in [0.4, 0.5) is 4.39 Å². The number of carbonyl (C=O) groups excluding carboxylic acids is 3. The zero-order valence-corrected chi connectivity index (χ0v) is 29.8. The first-order chi connectivity index (χ1) is 22.7. The second-order valence-corrected chi connectivity index (χ2v) is 15.2. The Hall–Kier alpha value is -3.55. The van der Waals surface area contributed by atoms with Gasteiger partial charge in [-0.15, -0.1) is 0 Å². The molecule has 0 fully saturated rings. The highest BCUT2D eigenvalue weighted by atomic mass is 32.2. The van der Waals surface area contributed by atoms with Gasteiger partial charge in [-0.1, -0.05) is 64.5 Å². The molecule has 3 heterocycles. The van der Waals surface area contributed by atoms with E-state index < -0.39 is 45.7 Å². The highest BCUT2D eigenvalue weighted by molar-refractivity contribution is 8.03. The van der Waals surface area contributed by atoms with Gasteiger partial charge >= 0.3 is 5.97 Å². The van der Waals surface area contributed by atoms with Crippen molar-refractivity contribution in [1.82, 2.24) is 20.1 Å². The topological polar surface area (TPSA) is 142 Å². The van der Waals surface area contributed by atoms with Crippen molar-refractivity contribution in [3.05, 3.63) is 64.4 Å². The quantitative estimate of drug-likeness (QED) is 0.323. The van der Waals surface area contributed by atoms with Crippen LogP contribution in [0.15, 0.2) is 57.2 Å². The summed E-state index contributed by atoms with van der Waals surface area (Å²) in [5.41, 5.74) is 0.401. The molecule has 0 spiro atoms. The van der Waals surface area contributed by atoms with Crippen molar-refractivity contribution < 1.29 is 37.2 Å². The zero-order valence-electron chi connectivity index (χ0n) is 28.9. The molecule has 13 heteroatoms. The minimum atomic E-state index is -3.00. The lowest BCUT2D eigenvalue weighted by molar-refractivity contribution is -0.149. The average Bonchev–Trinajstić information content (AvgIpc) is 3.68. The number of fused-ring (bicyclic) bond motifs is 3. The molecule has 3 rings (SSSR count). The molecule has 2 bridgehead atoms. The van der Waals surface area contributed by atoms with Gasteiger partial charge in [0.25, 0.3) is 5.91 Å². The number of ether oxygens (including phenoxy) is 1. The second-order valence-electron chi connectivity index (χ2n) is 12.6. The molecule has 0 saturated carbocycles. The van der Waals surface area contributed by atoms with E-state index in [1.807, 2.05) is 34.6 Å². The van der Waals surface area contributed by atoms with E-state index in [9.17, 15) is 28.1 Å². The fourth-order valence-electron chi connectivity index (χ4n) is 5.77. The molecule has 2 amide bonds. The van der Waals surface area contributed by atoms with Gasteiger partial charge in [0.15, 0.2) is 11.6 Å². The number of esters is 1. The summed E-state index contributed by atoms with van der Waals surface area (Å²) < 4.78 is 40.5. The van der Waals surface area contributed by atoms with Crippen molar-refractivity contribution >= 4 is 33.2 Å². The third-order valence-electron chi connectivity index (χ3n) is 8.48. The Labute approximate surface area is 284 Å². The lowest BCUT2D eigenvalue weighted by Gasteiger charge is -2.28. The molecular formula is C35H51FN4O7S. The summed E-state index contributed by atoms with van der Waals surface area (Å²) in [5.74, 6) is 1.74. The highest BCUT2D eigenvalue weighted by Gasteiger charge is 2.39. The number of allylic oxidation sites excluding steroid dienone is 2. The first-order valence-corrected chi connectivity index (χ1v) is 18.5. The Morgan fingerprint density at radius 2 is 1.94 bits per heavy atom. The van der Waals surface area contributed by atoms with Gasteiger partial charge < -0.3 is 24.5 Å². The monoisotopic (exact) mass is 690 g/mol.